The summed E-state index contributed by atoms with van der Waals surface area (Å²) in [7, 11) is 4.52. The second-order valence-corrected chi connectivity index (χ2v) is 5.42. The average Bonchev–Trinajstić information content (AvgIpc) is 2.56. The quantitative estimate of drug-likeness (QED) is 0.654. The van der Waals surface area contributed by atoms with E-state index in [2.05, 4.69) is 15.3 Å². The molecule has 1 amide bonds. The van der Waals surface area contributed by atoms with Crippen LogP contribution in [-0.4, -0.2) is 34.7 Å². The fourth-order valence-electron chi connectivity index (χ4n) is 2.36. The number of ether oxygens (including phenoxy) is 1. The van der Waals surface area contributed by atoms with Gasteiger partial charge >= 0.3 is 5.56 Å². The van der Waals surface area contributed by atoms with Crippen LogP contribution in [0.4, 0.5) is 17.1 Å². The van der Waals surface area contributed by atoms with E-state index in [1.165, 1.54) is 24.1 Å². The Morgan fingerprint density at radius 1 is 1.29 bits per heavy atom. The van der Waals surface area contributed by atoms with E-state index in [-0.39, 0.29) is 40.0 Å². The van der Waals surface area contributed by atoms with Gasteiger partial charge in [-0.2, -0.15) is 0 Å². The van der Waals surface area contributed by atoms with E-state index in [4.69, 9.17) is 11.3 Å². The number of nitrogens with zero attached hydrogens (tertiary/aromatic N) is 3. The van der Waals surface area contributed by atoms with Crippen LogP contribution < -0.4 is 21.2 Å². The average molecular weight is 327 g/mol. The Bertz CT molecular complexity index is 1030. The SMILES string of the molecule is [C-]#[N+]c1cc2c(c(C(=O)N(C)C)c1)Oc1c(c(=O)n(C)[nH]c1=O)N2. The van der Waals surface area contributed by atoms with E-state index in [0.717, 1.165) is 4.68 Å². The maximum absolute atomic E-state index is 12.4. The van der Waals surface area contributed by atoms with Crippen molar-refractivity contribution in [1.29, 1.82) is 0 Å². The molecule has 0 unspecified atom stereocenters. The minimum absolute atomic E-state index is 0.0425. The second-order valence-electron chi connectivity index (χ2n) is 5.42. The largest absolute Gasteiger partial charge is 0.446 e. The summed E-state index contributed by atoms with van der Waals surface area (Å²) in [5.41, 5.74) is -0.531. The molecule has 3 rings (SSSR count). The zero-order valence-electron chi connectivity index (χ0n) is 13.1. The fourth-order valence-corrected chi connectivity index (χ4v) is 2.36. The number of hydrogen-bond donors (Lipinski definition) is 2. The number of H-pyrrole nitrogens is 1. The summed E-state index contributed by atoms with van der Waals surface area (Å²) in [4.78, 5) is 41.3. The van der Waals surface area contributed by atoms with Gasteiger partial charge in [0.2, 0.25) is 5.75 Å². The molecule has 0 radical (unpaired) electrons. The third-order valence-electron chi connectivity index (χ3n) is 3.52. The van der Waals surface area contributed by atoms with E-state index in [1.54, 1.807) is 14.1 Å². The molecule has 1 aliphatic rings. The second kappa shape index (κ2) is 5.27. The van der Waals surface area contributed by atoms with Crippen molar-refractivity contribution in [2.75, 3.05) is 19.4 Å². The van der Waals surface area contributed by atoms with Crippen molar-refractivity contribution in [2.45, 2.75) is 0 Å². The number of benzene rings is 1. The highest BCUT2D eigenvalue weighted by Gasteiger charge is 2.28. The molecule has 2 heterocycles. The van der Waals surface area contributed by atoms with Gasteiger partial charge in [-0.15, -0.1) is 0 Å². The van der Waals surface area contributed by atoms with Crippen LogP contribution in [0, 0.1) is 6.57 Å². The summed E-state index contributed by atoms with van der Waals surface area (Å²) in [6, 6.07) is 2.84. The van der Waals surface area contributed by atoms with E-state index in [9.17, 15) is 14.4 Å². The highest BCUT2D eigenvalue weighted by Crippen LogP contribution is 2.43. The number of carbonyl (C=O) groups is 1. The van der Waals surface area contributed by atoms with Gasteiger partial charge in [-0.1, -0.05) is 0 Å². The van der Waals surface area contributed by atoms with Crippen molar-refractivity contribution in [3.05, 3.63) is 49.8 Å². The monoisotopic (exact) mass is 327 g/mol. The number of amides is 1. The van der Waals surface area contributed by atoms with Crippen LogP contribution in [0.1, 0.15) is 10.4 Å². The van der Waals surface area contributed by atoms with Gasteiger partial charge < -0.3 is 15.0 Å². The molecule has 2 aromatic rings. The minimum atomic E-state index is -0.609. The van der Waals surface area contributed by atoms with Gasteiger partial charge in [0.05, 0.1) is 17.8 Å². The zero-order valence-corrected chi connectivity index (χ0v) is 13.1. The van der Waals surface area contributed by atoms with Crippen LogP contribution in [0.25, 0.3) is 4.85 Å². The molecule has 0 atom stereocenters. The van der Waals surface area contributed by atoms with Crippen molar-refractivity contribution in [3.63, 3.8) is 0 Å². The molecular formula is C15H13N5O4. The van der Waals surface area contributed by atoms with Crippen molar-refractivity contribution in [3.8, 4) is 11.5 Å². The molecule has 0 bridgehead atoms. The van der Waals surface area contributed by atoms with Gasteiger partial charge in [-0.3, -0.25) is 24.2 Å². The van der Waals surface area contributed by atoms with Crippen molar-refractivity contribution < 1.29 is 9.53 Å². The maximum Gasteiger partial charge on any atom is 0.308 e. The molecule has 24 heavy (non-hydrogen) atoms. The Kier molecular flexibility index (Phi) is 3.38. The predicted octanol–water partition coefficient (Wildman–Crippen LogP) is 1.18. The molecule has 0 spiro atoms. The van der Waals surface area contributed by atoms with Gasteiger partial charge in [-0.25, -0.2) is 4.85 Å². The van der Waals surface area contributed by atoms with Crippen LogP contribution in [0.5, 0.6) is 11.5 Å². The molecule has 1 aromatic carbocycles. The first-order valence-corrected chi connectivity index (χ1v) is 6.88. The lowest BCUT2D eigenvalue weighted by atomic mass is 10.1. The number of carbonyl (C=O) groups excluding carboxylic acids is 1. The molecule has 9 nitrogen and oxygen atoms in total. The molecular weight excluding hydrogens is 314 g/mol. The summed E-state index contributed by atoms with van der Waals surface area (Å²) in [5.74, 6) is -0.497. The summed E-state index contributed by atoms with van der Waals surface area (Å²) >= 11 is 0. The Balaban J connectivity index is 2.27. The van der Waals surface area contributed by atoms with Crippen molar-refractivity contribution >= 4 is 23.0 Å². The number of aryl methyl sites for hydroxylation is 1. The summed E-state index contributed by atoms with van der Waals surface area (Å²) < 4.78 is 6.60. The third-order valence-corrected chi connectivity index (χ3v) is 3.52. The predicted molar refractivity (Wildman–Crippen MR) is 86.4 cm³/mol. The lowest BCUT2D eigenvalue weighted by molar-refractivity contribution is 0.0825. The Morgan fingerprint density at radius 2 is 2.00 bits per heavy atom. The number of anilines is 2. The van der Waals surface area contributed by atoms with Crippen molar-refractivity contribution in [2.24, 2.45) is 7.05 Å². The van der Waals surface area contributed by atoms with Gasteiger partial charge in [0.25, 0.3) is 11.5 Å². The smallest absolute Gasteiger partial charge is 0.308 e. The number of hydrogen-bond acceptors (Lipinski definition) is 5. The molecule has 0 saturated carbocycles. The molecule has 9 heteroatoms. The molecule has 2 N–H and O–H groups in total. The van der Waals surface area contributed by atoms with Crippen molar-refractivity contribution in [1.82, 2.24) is 14.7 Å². The number of aromatic amines is 1. The van der Waals surface area contributed by atoms with E-state index < -0.39 is 11.1 Å². The molecule has 1 aromatic heterocycles. The summed E-state index contributed by atoms with van der Waals surface area (Å²) in [6.07, 6.45) is 0. The Hall–Kier alpha value is -3.54. The highest BCUT2D eigenvalue weighted by atomic mass is 16.5. The van der Waals surface area contributed by atoms with Gasteiger partial charge in [0, 0.05) is 21.1 Å². The Morgan fingerprint density at radius 3 is 2.62 bits per heavy atom. The molecule has 0 aliphatic carbocycles. The van der Waals surface area contributed by atoms with E-state index in [1.807, 2.05) is 0 Å². The Labute approximate surface area is 135 Å². The number of rotatable bonds is 1. The highest BCUT2D eigenvalue weighted by molar-refractivity contribution is 6.01. The number of aromatic nitrogens is 2. The first-order chi connectivity index (χ1) is 11.3. The van der Waals surface area contributed by atoms with Gasteiger partial charge in [0.15, 0.2) is 17.1 Å². The third kappa shape index (κ3) is 2.21. The number of fused-ring (bicyclic) bond motifs is 2. The zero-order chi connectivity index (χ0) is 17.6. The van der Waals surface area contributed by atoms with Crippen LogP contribution in [-0.2, 0) is 7.05 Å². The van der Waals surface area contributed by atoms with Crippen LogP contribution in [0.2, 0.25) is 0 Å². The van der Waals surface area contributed by atoms with Crippen LogP contribution in [0.15, 0.2) is 21.7 Å². The van der Waals surface area contributed by atoms with Gasteiger partial charge in [-0.05, 0) is 12.1 Å². The summed E-state index contributed by atoms with van der Waals surface area (Å²) in [5, 5.41) is 5.14. The first-order valence-electron chi connectivity index (χ1n) is 6.88. The lowest BCUT2D eigenvalue weighted by Gasteiger charge is -2.24. The minimum Gasteiger partial charge on any atom is -0.446 e. The number of nitrogens with one attached hydrogen (secondary N) is 2. The van der Waals surface area contributed by atoms with E-state index in [0.29, 0.717) is 0 Å². The molecule has 0 fully saturated rings. The standard InChI is InChI=1S/C15H13N5O4/c1-16-7-5-8(14(22)19(2)3)11-9(6-7)17-10-12(24-11)13(21)18-20(4)15(10)23/h5-6,17H,2-4H3,(H,18,21). The molecule has 0 saturated heterocycles. The van der Waals surface area contributed by atoms with Gasteiger partial charge in [0.1, 0.15) is 0 Å². The van der Waals surface area contributed by atoms with Crippen LogP contribution in [0.3, 0.4) is 0 Å². The first kappa shape index (κ1) is 15.4. The van der Waals surface area contributed by atoms with E-state index >= 15 is 0 Å². The van der Waals surface area contributed by atoms with Crippen LogP contribution >= 0.6 is 0 Å². The maximum atomic E-state index is 12.4. The molecule has 1 aliphatic heterocycles. The normalized spacial score (nSPS) is 11.4. The topological polar surface area (TPSA) is 101 Å². The fraction of sp³-hybridized carbons (Fsp3) is 0.200. The lowest BCUT2D eigenvalue weighted by Crippen LogP contribution is -2.32. The summed E-state index contributed by atoms with van der Waals surface area (Å²) in [6.45, 7) is 7.17. The molecule has 122 valence electrons.